The molecule has 1 atom stereocenters. The van der Waals surface area contributed by atoms with Crippen molar-refractivity contribution in [2.45, 2.75) is 38.9 Å². The van der Waals surface area contributed by atoms with Gasteiger partial charge in [0.2, 0.25) is 0 Å². The van der Waals surface area contributed by atoms with Crippen LogP contribution in [-0.4, -0.2) is 24.8 Å². The summed E-state index contributed by atoms with van der Waals surface area (Å²) < 4.78 is 11.9. The van der Waals surface area contributed by atoms with Crippen molar-refractivity contribution in [2.24, 2.45) is 0 Å². The molecular formula is C15H20BrNO3. The van der Waals surface area contributed by atoms with E-state index in [0.29, 0.717) is 19.8 Å². The summed E-state index contributed by atoms with van der Waals surface area (Å²) in [5, 5.41) is 2.81. The number of rotatable bonds is 2. The van der Waals surface area contributed by atoms with Gasteiger partial charge in [-0.1, -0.05) is 28.1 Å². The first-order chi connectivity index (χ1) is 9.37. The van der Waals surface area contributed by atoms with Crippen LogP contribution < -0.4 is 5.32 Å². The van der Waals surface area contributed by atoms with Crippen LogP contribution in [0.1, 0.15) is 37.8 Å². The molecule has 0 saturated carbocycles. The van der Waals surface area contributed by atoms with Crippen molar-refractivity contribution in [3.05, 3.63) is 33.8 Å². The SMILES string of the molecule is CC(C)(C)OC(=O)NCC1COCc2c(Br)cccc21. The van der Waals surface area contributed by atoms with Crippen molar-refractivity contribution in [1.29, 1.82) is 0 Å². The van der Waals surface area contributed by atoms with E-state index in [1.807, 2.05) is 32.9 Å². The van der Waals surface area contributed by atoms with Crippen molar-refractivity contribution in [1.82, 2.24) is 5.32 Å². The molecule has 1 heterocycles. The van der Waals surface area contributed by atoms with Crippen molar-refractivity contribution >= 4 is 22.0 Å². The molecule has 1 N–H and O–H groups in total. The Morgan fingerprint density at radius 3 is 2.95 bits per heavy atom. The smallest absolute Gasteiger partial charge is 0.407 e. The molecule has 0 radical (unpaired) electrons. The largest absolute Gasteiger partial charge is 0.444 e. The van der Waals surface area contributed by atoms with Gasteiger partial charge in [0.05, 0.1) is 13.2 Å². The van der Waals surface area contributed by atoms with Gasteiger partial charge in [-0.2, -0.15) is 0 Å². The van der Waals surface area contributed by atoms with Gasteiger partial charge >= 0.3 is 6.09 Å². The van der Waals surface area contributed by atoms with Crippen LogP contribution in [0.15, 0.2) is 22.7 Å². The van der Waals surface area contributed by atoms with E-state index in [0.717, 1.165) is 10.0 Å². The Morgan fingerprint density at radius 1 is 1.50 bits per heavy atom. The number of fused-ring (bicyclic) bond motifs is 1. The van der Waals surface area contributed by atoms with E-state index in [9.17, 15) is 4.79 Å². The molecule has 0 aromatic heterocycles. The highest BCUT2D eigenvalue weighted by Crippen LogP contribution is 2.31. The van der Waals surface area contributed by atoms with E-state index < -0.39 is 5.60 Å². The number of ether oxygens (including phenoxy) is 2. The summed E-state index contributed by atoms with van der Waals surface area (Å²) in [5.74, 6) is 0.156. The normalized spacial score (nSPS) is 18.3. The maximum atomic E-state index is 11.7. The highest BCUT2D eigenvalue weighted by Gasteiger charge is 2.24. The second-order valence-electron chi connectivity index (χ2n) is 5.90. The number of amides is 1. The monoisotopic (exact) mass is 341 g/mol. The standard InChI is InChI=1S/C15H20BrNO3/c1-15(2,3)20-14(18)17-7-10-8-19-9-12-11(10)5-4-6-13(12)16/h4-6,10H,7-9H2,1-3H3,(H,17,18). The van der Waals surface area contributed by atoms with Gasteiger partial charge in [0.25, 0.3) is 0 Å². The lowest BCUT2D eigenvalue weighted by Crippen LogP contribution is -2.36. The molecule has 1 aromatic carbocycles. The molecule has 4 nitrogen and oxygen atoms in total. The lowest BCUT2D eigenvalue weighted by atomic mass is 9.93. The van der Waals surface area contributed by atoms with Crippen LogP contribution in [-0.2, 0) is 16.1 Å². The van der Waals surface area contributed by atoms with E-state index in [4.69, 9.17) is 9.47 Å². The summed E-state index contributed by atoms with van der Waals surface area (Å²) in [6, 6.07) is 6.10. The molecule has 5 heteroatoms. The van der Waals surface area contributed by atoms with Crippen molar-refractivity contribution in [3.8, 4) is 0 Å². The molecule has 110 valence electrons. The van der Waals surface area contributed by atoms with Gasteiger partial charge in [-0.25, -0.2) is 4.79 Å². The maximum absolute atomic E-state index is 11.7. The highest BCUT2D eigenvalue weighted by atomic mass is 79.9. The predicted molar refractivity (Wildman–Crippen MR) is 80.8 cm³/mol. The first kappa shape index (κ1) is 15.3. The van der Waals surface area contributed by atoms with Crippen LogP contribution in [0.5, 0.6) is 0 Å². The maximum Gasteiger partial charge on any atom is 0.407 e. The summed E-state index contributed by atoms with van der Waals surface area (Å²) in [7, 11) is 0. The molecule has 20 heavy (non-hydrogen) atoms. The Balaban J connectivity index is 1.99. The number of nitrogens with one attached hydrogen (secondary N) is 1. The van der Waals surface area contributed by atoms with E-state index >= 15 is 0 Å². The number of hydrogen-bond acceptors (Lipinski definition) is 3. The molecule has 0 fully saturated rings. The summed E-state index contributed by atoms with van der Waals surface area (Å²) in [5.41, 5.74) is 1.91. The zero-order valence-electron chi connectivity index (χ0n) is 12.0. The van der Waals surface area contributed by atoms with Crippen LogP contribution in [0.2, 0.25) is 0 Å². The zero-order valence-corrected chi connectivity index (χ0v) is 13.6. The van der Waals surface area contributed by atoms with Gasteiger partial charge in [-0.05, 0) is 38.0 Å². The molecule has 1 aromatic rings. The van der Waals surface area contributed by atoms with Crippen molar-refractivity contribution in [3.63, 3.8) is 0 Å². The van der Waals surface area contributed by atoms with Gasteiger partial charge in [0, 0.05) is 16.9 Å². The number of benzene rings is 1. The summed E-state index contributed by atoms with van der Waals surface area (Å²) in [6.07, 6.45) is -0.389. The van der Waals surface area contributed by atoms with Crippen LogP contribution in [0.3, 0.4) is 0 Å². The van der Waals surface area contributed by atoms with Crippen LogP contribution in [0.25, 0.3) is 0 Å². The first-order valence-electron chi connectivity index (χ1n) is 6.69. The number of carbonyl (C=O) groups is 1. The predicted octanol–water partition coefficient (Wildman–Crippen LogP) is 3.59. The van der Waals surface area contributed by atoms with Crippen LogP contribution in [0, 0.1) is 0 Å². The molecule has 1 aliphatic rings. The highest BCUT2D eigenvalue weighted by molar-refractivity contribution is 9.10. The Hall–Kier alpha value is -1.07. The molecule has 1 aliphatic heterocycles. The average molecular weight is 342 g/mol. The first-order valence-corrected chi connectivity index (χ1v) is 7.48. The summed E-state index contributed by atoms with van der Waals surface area (Å²) >= 11 is 3.54. The quantitative estimate of drug-likeness (QED) is 0.894. The second-order valence-corrected chi connectivity index (χ2v) is 6.76. The fourth-order valence-corrected chi connectivity index (χ4v) is 2.69. The molecule has 0 spiro atoms. The Kier molecular flexibility index (Phi) is 4.70. The lowest BCUT2D eigenvalue weighted by molar-refractivity contribution is 0.0498. The van der Waals surface area contributed by atoms with Gasteiger partial charge < -0.3 is 14.8 Å². The van der Waals surface area contributed by atoms with E-state index in [-0.39, 0.29) is 12.0 Å². The fraction of sp³-hybridized carbons (Fsp3) is 0.533. The molecule has 0 aliphatic carbocycles. The van der Waals surface area contributed by atoms with Gasteiger partial charge in [-0.3, -0.25) is 0 Å². The van der Waals surface area contributed by atoms with E-state index in [2.05, 4.69) is 27.3 Å². The Labute approximate surface area is 128 Å². The number of alkyl carbamates (subject to hydrolysis) is 1. The van der Waals surface area contributed by atoms with Crippen molar-refractivity contribution in [2.75, 3.05) is 13.2 Å². The summed E-state index contributed by atoms with van der Waals surface area (Å²) in [4.78, 5) is 11.7. The third-order valence-corrected chi connectivity index (χ3v) is 3.79. The second kappa shape index (κ2) is 6.14. The Bertz CT molecular complexity index is 496. The molecule has 0 saturated heterocycles. The molecule has 2 rings (SSSR count). The lowest BCUT2D eigenvalue weighted by Gasteiger charge is -2.27. The minimum atomic E-state index is -0.478. The molecule has 1 amide bonds. The fourth-order valence-electron chi connectivity index (χ4n) is 2.19. The number of hydrogen-bond donors (Lipinski definition) is 1. The van der Waals surface area contributed by atoms with Crippen LogP contribution in [0.4, 0.5) is 4.79 Å². The number of halogens is 1. The van der Waals surface area contributed by atoms with Gasteiger partial charge in [0.1, 0.15) is 5.60 Å². The Morgan fingerprint density at radius 2 is 2.25 bits per heavy atom. The number of carbonyl (C=O) groups excluding carboxylic acids is 1. The minimum absolute atomic E-state index is 0.156. The van der Waals surface area contributed by atoms with Crippen LogP contribution >= 0.6 is 15.9 Å². The van der Waals surface area contributed by atoms with E-state index in [1.54, 1.807) is 0 Å². The average Bonchev–Trinajstić information content (AvgIpc) is 2.35. The van der Waals surface area contributed by atoms with Gasteiger partial charge in [0.15, 0.2) is 0 Å². The van der Waals surface area contributed by atoms with Gasteiger partial charge in [-0.15, -0.1) is 0 Å². The topological polar surface area (TPSA) is 47.6 Å². The minimum Gasteiger partial charge on any atom is -0.444 e. The summed E-state index contributed by atoms with van der Waals surface area (Å²) in [6.45, 7) is 7.28. The zero-order chi connectivity index (χ0) is 14.8. The third-order valence-electron chi connectivity index (χ3n) is 3.05. The molecular weight excluding hydrogens is 322 g/mol. The van der Waals surface area contributed by atoms with E-state index in [1.165, 1.54) is 5.56 Å². The van der Waals surface area contributed by atoms with Crippen molar-refractivity contribution < 1.29 is 14.3 Å². The molecule has 0 bridgehead atoms. The molecule has 1 unspecified atom stereocenters. The third kappa shape index (κ3) is 3.96.